The van der Waals surface area contributed by atoms with Crippen molar-refractivity contribution in [2.45, 2.75) is 13.0 Å². The summed E-state index contributed by atoms with van der Waals surface area (Å²) in [4.78, 5) is 0. The molecule has 0 aliphatic rings. The number of nitrogens with two attached hydrogens (primary N) is 1. The summed E-state index contributed by atoms with van der Waals surface area (Å²) in [6.45, 7) is 1.86. The van der Waals surface area contributed by atoms with Gasteiger partial charge in [-0.25, -0.2) is 4.68 Å². The number of nitrogens with zero attached hydrogens (tertiary/aromatic N) is 4. The Morgan fingerprint density at radius 1 is 1.58 bits per heavy atom. The first-order valence-corrected chi connectivity index (χ1v) is 3.82. The third-order valence-electron chi connectivity index (χ3n) is 1.48. The fourth-order valence-electron chi connectivity index (χ4n) is 0.883. The third-order valence-corrected chi connectivity index (χ3v) is 1.48. The van der Waals surface area contributed by atoms with E-state index in [2.05, 4.69) is 15.5 Å². The molecule has 1 aromatic heterocycles. The van der Waals surface area contributed by atoms with Crippen LogP contribution in [0.1, 0.15) is 5.82 Å². The maximum absolute atomic E-state index is 5.38. The highest BCUT2D eigenvalue weighted by Crippen LogP contribution is 1.91. The van der Waals surface area contributed by atoms with Crippen molar-refractivity contribution in [2.24, 2.45) is 5.73 Å². The molecule has 68 valence electrons. The zero-order valence-corrected chi connectivity index (χ0v) is 7.10. The molecule has 0 saturated heterocycles. The van der Waals surface area contributed by atoms with Crippen molar-refractivity contribution in [1.82, 2.24) is 20.2 Å². The minimum atomic E-state index is 0.563. The summed E-state index contributed by atoms with van der Waals surface area (Å²) in [5.41, 5.74) is 5.38. The van der Waals surface area contributed by atoms with Gasteiger partial charge in [0.05, 0.1) is 13.2 Å². The van der Waals surface area contributed by atoms with Crippen LogP contribution < -0.4 is 5.73 Å². The van der Waals surface area contributed by atoms with Crippen molar-refractivity contribution in [3.63, 3.8) is 0 Å². The first-order valence-electron chi connectivity index (χ1n) is 3.82. The van der Waals surface area contributed by atoms with Crippen LogP contribution in [0.4, 0.5) is 0 Å². The number of ether oxygens (including phenoxy) is 1. The number of methoxy groups -OCH3 is 1. The second-order valence-electron chi connectivity index (χ2n) is 2.35. The van der Waals surface area contributed by atoms with Gasteiger partial charge in [0.25, 0.3) is 0 Å². The van der Waals surface area contributed by atoms with Gasteiger partial charge >= 0.3 is 0 Å². The topological polar surface area (TPSA) is 78.8 Å². The van der Waals surface area contributed by atoms with E-state index in [9.17, 15) is 0 Å². The minimum Gasteiger partial charge on any atom is -0.383 e. The maximum atomic E-state index is 5.38. The van der Waals surface area contributed by atoms with Gasteiger partial charge in [0.1, 0.15) is 0 Å². The smallest absolute Gasteiger partial charge is 0.152 e. The van der Waals surface area contributed by atoms with Crippen LogP contribution in [-0.4, -0.2) is 40.5 Å². The minimum absolute atomic E-state index is 0.563. The van der Waals surface area contributed by atoms with Crippen molar-refractivity contribution in [3.05, 3.63) is 5.82 Å². The number of rotatable bonds is 5. The van der Waals surface area contributed by atoms with Crippen LogP contribution in [0.25, 0.3) is 0 Å². The first kappa shape index (κ1) is 9.08. The van der Waals surface area contributed by atoms with Crippen LogP contribution in [0.5, 0.6) is 0 Å². The lowest BCUT2D eigenvalue weighted by Gasteiger charge is -2.01. The molecule has 12 heavy (non-hydrogen) atoms. The molecule has 0 unspecified atom stereocenters. The lowest BCUT2D eigenvalue weighted by Crippen LogP contribution is -2.13. The van der Waals surface area contributed by atoms with Gasteiger partial charge in [-0.2, -0.15) is 0 Å². The zero-order valence-electron chi connectivity index (χ0n) is 7.10. The predicted octanol–water partition coefficient (Wildman–Crippen LogP) is -1.18. The number of tetrazole rings is 1. The van der Waals surface area contributed by atoms with Crippen LogP contribution in [0.15, 0.2) is 0 Å². The second-order valence-corrected chi connectivity index (χ2v) is 2.35. The molecule has 0 bridgehead atoms. The van der Waals surface area contributed by atoms with E-state index in [1.165, 1.54) is 0 Å². The molecule has 0 aliphatic carbocycles. The highest BCUT2D eigenvalue weighted by molar-refractivity contribution is 4.80. The molecule has 0 radical (unpaired) electrons. The highest BCUT2D eigenvalue weighted by atomic mass is 16.5. The van der Waals surface area contributed by atoms with Gasteiger partial charge in [-0.1, -0.05) is 0 Å². The molecule has 0 aromatic carbocycles. The maximum Gasteiger partial charge on any atom is 0.152 e. The summed E-state index contributed by atoms with van der Waals surface area (Å²) >= 11 is 0. The highest BCUT2D eigenvalue weighted by Gasteiger charge is 2.02. The fraction of sp³-hybridized carbons (Fsp3) is 0.833. The van der Waals surface area contributed by atoms with E-state index in [0.717, 1.165) is 5.82 Å². The standard InChI is InChI=1S/C6H13N5O/c1-12-5-4-11-6(2-3-7)8-9-10-11/h2-5,7H2,1H3. The van der Waals surface area contributed by atoms with Crippen molar-refractivity contribution in [1.29, 1.82) is 0 Å². The summed E-state index contributed by atoms with van der Waals surface area (Å²) in [7, 11) is 1.65. The third kappa shape index (κ3) is 2.24. The monoisotopic (exact) mass is 171 g/mol. The average Bonchev–Trinajstić information content (AvgIpc) is 2.50. The van der Waals surface area contributed by atoms with Crippen LogP contribution in [-0.2, 0) is 17.7 Å². The lowest BCUT2D eigenvalue weighted by atomic mass is 10.4. The Bertz CT molecular complexity index is 223. The van der Waals surface area contributed by atoms with Gasteiger partial charge in [-0.05, 0) is 17.0 Å². The fourth-order valence-corrected chi connectivity index (χ4v) is 0.883. The Morgan fingerprint density at radius 3 is 3.08 bits per heavy atom. The second kappa shape index (κ2) is 4.78. The molecule has 0 atom stereocenters. The van der Waals surface area contributed by atoms with E-state index in [1.54, 1.807) is 11.8 Å². The lowest BCUT2D eigenvalue weighted by molar-refractivity contribution is 0.181. The molecule has 1 heterocycles. The van der Waals surface area contributed by atoms with Crippen LogP contribution >= 0.6 is 0 Å². The predicted molar refractivity (Wildman–Crippen MR) is 42.5 cm³/mol. The number of hydrogen-bond acceptors (Lipinski definition) is 5. The van der Waals surface area contributed by atoms with E-state index in [4.69, 9.17) is 10.5 Å². The molecule has 6 heteroatoms. The number of aromatic nitrogens is 4. The molecule has 0 spiro atoms. The van der Waals surface area contributed by atoms with Crippen LogP contribution in [0.2, 0.25) is 0 Å². The Balaban J connectivity index is 2.51. The van der Waals surface area contributed by atoms with Crippen molar-refractivity contribution in [3.8, 4) is 0 Å². The molecule has 1 aromatic rings. The van der Waals surface area contributed by atoms with Gasteiger partial charge in [0.2, 0.25) is 0 Å². The molecule has 0 amide bonds. The summed E-state index contributed by atoms with van der Waals surface area (Å²) in [6.07, 6.45) is 0.705. The quantitative estimate of drug-likeness (QED) is 0.603. The van der Waals surface area contributed by atoms with E-state index in [-0.39, 0.29) is 0 Å². The van der Waals surface area contributed by atoms with E-state index >= 15 is 0 Å². The van der Waals surface area contributed by atoms with Gasteiger partial charge in [0.15, 0.2) is 5.82 Å². The molecule has 0 aliphatic heterocycles. The van der Waals surface area contributed by atoms with E-state index in [0.29, 0.717) is 26.1 Å². The van der Waals surface area contributed by atoms with Gasteiger partial charge < -0.3 is 10.5 Å². The molecule has 2 N–H and O–H groups in total. The van der Waals surface area contributed by atoms with Gasteiger partial charge in [-0.3, -0.25) is 0 Å². The average molecular weight is 171 g/mol. The molecule has 1 rings (SSSR count). The largest absolute Gasteiger partial charge is 0.383 e. The SMILES string of the molecule is COCCn1nnnc1CCN. The summed E-state index contributed by atoms with van der Waals surface area (Å²) < 4.78 is 6.61. The van der Waals surface area contributed by atoms with Crippen molar-refractivity contribution in [2.75, 3.05) is 20.3 Å². The molecule has 6 nitrogen and oxygen atoms in total. The Labute approximate surface area is 70.7 Å². The Hall–Kier alpha value is -1.01. The summed E-state index contributed by atoms with van der Waals surface area (Å²) in [5, 5.41) is 11.2. The van der Waals surface area contributed by atoms with Gasteiger partial charge in [0, 0.05) is 13.5 Å². The van der Waals surface area contributed by atoms with E-state index < -0.39 is 0 Å². The Kier molecular flexibility index (Phi) is 3.62. The summed E-state index contributed by atoms with van der Waals surface area (Å²) in [6, 6.07) is 0. The van der Waals surface area contributed by atoms with Gasteiger partial charge in [-0.15, -0.1) is 5.10 Å². The molecular formula is C6H13N5O. The summed E-state index contributed by atoms with van der Waals surface area (Å²) in [5.74, 6) is 0.814. The normalized spacial score (nSPS) is 10.5. The first-order chi connectivity index (χ1) is 5.88. The number of hydrogen-bond donors (Lipinski definition) is 1. The van der Waals surface area contributed by atoms with Crippen molar-refractivity contribution >= 4 is 0 Å². The zero-order chi connectivity index (χ0) is 8.81. The van der Waals surface area contributed by atoms with Crippen molar-refractivity contribution < 1.29 is 4.74 Å². The molecule has 0 saturated carbocycles. The van der Waals surface area contributed by atoms with Crippen LogP contribution in [0.3, 0.4) is 0 Å². The molecule has 0 fully saturated rings. The Morgan fingerprint density at radius 2 is 2.42 bits per heavy atom. The van der Waals surface area contributed by atoms with E-state index in [1.807, 2.05) is 0 Å². The molecular weight excluding hydrogens is 158 g/mol. The van der Waals surface area contributed by atoms with Crippen LogP contribution in [0, 0.1) is 0 Å².